The van der Waals surface area contributed by atoms with Crippen molar-refractivity contribution in [3.63, 3.8) is 0 Å². The normalized spacial score (nSPS) is 13.2. The summed E-state index contributed by atoms with van der Waals surface area (Å²) in [7, 11) is 0. The van der Waals surface area contributed by atoms with Crippen molar-refractivity contribution in [3.05, 3.63) is 18.0 Å². The van der Waals surface area contributed by atoms with Crippen LogP contribution in [0.1, 0.15) is 33.3 Å². The molecule has 1 aromatic heterocycles. The van der Waals surface area contributed by atoms with E-state index in [1.165, 1.54) is 0 Å². The van der Waals surface area contributed by atoms with Gasteiger partial charge >= 0.3 is 6.09 Å². The quantitative estimate of drug-likeness (QED) is 0.847. The van der Waals surface area contributed by atoms with Crippen LogP contribution in [-0.4, -0.2) is 27.5 Å². The van der Waals surface area contributed by atoms with Crippen LogP contribution in [0.3, 0.4) is 0 Å². The Labute approximate surface area is 107 Å². The zero-order valence-electron chi connectivity index (χ0n) is 11.4. The van der Waals surface area contributed by atoms with Gasteiger partial charge in [0.05, 0.1) is 12.7 Å². The summed E-state index contributed by atoms with van der Waals surface area (Å²) in [6.07, 6.45) is 3.14. The minimum atomic E-state index is -0.483. The lowest BCUT2D eigenvalue weighted by Gasteiger charge is -2.19. The second-order valence-corrected chi connectivity index (χ2v) is 5.40. The fourth-order valence-corrected chi connectivity index (χ4v) is 1.38. The summed E-state index contributed by atoms with van der Waals surface area (Å²) < 4.78 is 6.89. The number of nitrogens with zero attached hydrogens (tertiary/aromatic N) is 2. The average molecular weight is 254 g/mol. The van der Waals surface area contributed by atoms with Gasteiger partial charge in [0.1, 0.15) is 5.60 Å². The summed E-state index contributed by atoms with van der Waals surface area (Å²) in [5, 5.41) is 6.83. The number of hydrogen-bond donors (Lipinski definition) is 2. The first kappa shape index (κ1) is 14.5. The van der Waals surface area contributed by atoms with E-state index in [0.717, 1.165) is 5.56 Å². The SMILES string of the molecule is CC(N)Cn1cc(CNC(=O)OC(C)(C)C)cn1. The maximum atomic E-state index is 11.4. The molecule has 6 heteroatoms. The van der Waals surface area contributed by atoms with Crippen LogP contribution in [0, 0.1) is 0 Å². The summed E-state index contributed by atoms with van der Waals surface area (Å²) in [5.41, 5.74) is 6.11. The van der Waals surface area contributed by atoms with Gasteiger partial charge in [-0.1, -0.05) is 0 Å². The molecule has 1 amide bonds. The molecule has 18 heavy (non-hydrogen) atoms. The molecular weight excluding hydrogens is 232 g/mol. The minimum absolute atomic E-state index is 0.0524. The van der Waals surface area contributed by atoms with E-state index in [0.29, 0.717) is 13.1 Å². The predicted molar refractivity (Wildman–Crippen MR) is 69.0 cm³/mol. The predicted octanol–water partition coefficient (Wildman–Crippen LogP) is 1.25. The molecule has 6 nitrogen and oxygen atoms in total. The highest BCUT2D eigenvalue weighted by Gasteiger charge is 2.15. The Morgan fingerprint density at radius 3 is 2.83 bits per heavy atom. The number of aromatic nitrogens is 2. The Kier molecular flexibility index (Phi) is 4.72. The van der Waals surface area contributed by atoms with Crippen molar-refractivity contribution in [3.8, 4) is 0 Å². The van der Waals surface area contributed by atoms with Gasteiger partial charge in [-0.2, -0.15) is 5.10 Å². The summed E-state index contributed by atoms with van der Waals surface area (Å²) in [5.74, 6) is 0. The van der Waals surface area contributed by atoms with Crippen LogP contribution in [0.4, 0.5) is 4.79 Å². The monoisotopic (exact) mass is 254 g/mol. The van der Waals surface area contributed by atoms with Crippen LogP contribution in [0.2, 0.25) is 0 Å². The Bertz CT molecular complexity index is 393. The molecule has 1 aromatic rings. The Morgan fingerprint density at radius 2 is 2.28 bits per heavy atom. The van der Waals surface area contributed by atoms with Crippen LogP contribution in [-0.2, 0) is 17.8 Å². The van der Waals surface area contributed by atoms with E-state index in [4.69, 9.17) is 10.5 Å². The first-order valence-corrected chi connectivity index (χ1v) is 6.00. The highest BCUT2D eigenvalue weighted by atomic mass is 16.6. The van der Waals surface area contributed by atoms with Crippen LogP contribution >= 0.6 is 0 Å². The number of hydrogen-bond acceptors (Lipinski definition) is 4. The van der Waals surface area contributed by atoms with E-state index < -0.39 is 11.7 Å². The highest BCUT2D eigenvalue weighted by Crippen LogP contribution is 2.07. The van der Waals surface area contributed by atoms with Gasteiger partial charge in [-0.15, -0.1) is 0 Å². The second kappa shape index (κ2) is 5.86. The van der Waals surface area contributed by atoms with Gasteiger partial charge in [0.25, 0.3) is 0 Å². The number of nitrogens with two attached hydrogens (primary N) is 1. The van der Waals surface area contributed by atoms with Crippen molar-refractivity contribution in [2.45, 2.75) is 52.4 Å². The Morgan fingerprint density at radius 1 is 1.61 bits per heavy atom. The first-order chi connectivity index (χ1) is 8.26. The molecule has 1 heterocycles. The lowest BCUT2D eigenvalue weighted by atomic mass is 10.2. The number of amides is 1. The Balaban J connectivity index is 2.39. The van der Waals surface area contributed by atoms with E-state index in [1.54, 1.807) is 10.9 Å². The minimum Gasteiger partial charge on any atom is -0.444 e. The standard InChI is InChI=1S/C12H22N4O2/c1-9(13)7-16-8-10(6-15-16)5-14-11(17)18-12(2,3)4/h6,8-9H,5,7,13H2,1-4H3,(H,14,17). The fourth-order valence-electron chi connectivity index (χ4n) is 1.38. The van der Waals surface area contributed by atoms with Gasteiger partial charge in [-0.05, 0) is 27.7 Å². The van der Waals surface area contributed by atoms with E-state index in [2.05, 4.69) is 10.4 Å². The molecule has 0 fully saturated rings. The van der Waals surface area contributed by atoms with Crippen molar-refractivity contribution >= 4 is 6.09 Å². The molecule has 3 N–H and O–H groups in total. The number of carbonyl (C=O) groups excluding carboxylic acids is 1. The largest absolute Gasteiger partial charge is 0.444 e. The Hall–Kier alpha value is -1.56. The second-order valence-electron chi connectivity index (χ2n) is 5.40. The number of carbonyl (C=O) groups is 1. The summed E-state index contributed by atoms with van der Waals surface area (Å²) >= 11 is 0. The van der Waals surface area contributed by atoms with Crippen LogP contribution < -0.4 is 11.1 Å². The molecule has 0 aliphatic carbocycles. The molecule has 1 unspecified atom stereocenters. The van der Waals surface area contributed by atoms with E-state index in [9.17, 15) is 4.79 Å². The third-order valence-corrected chi connectivity index (χ3v) is 2.00. The lowest BCUT2D eigenvalue weighted by molar-refractivity contribution is 0.0523. The van der Waals surface area contributed by atoms with Crippen molar-refractivity contribution < 1.29 is 9.53 Å². The molecule has 0 aliphatic heterocycles. The number of rotatable bonds is 4. The third kappa shape index (κ3) is 5.67. The molecule has 0 radical (unpaired) electrons. The maximum Gasteiger partial charge on any atom is 0.407 e. The van der Waals surface area contributed by atoms with E-state index in [1.807, 2.05) is 33.9 Å². The first-order valence-electron chi connectivity index (χ1n) is 6.00. The molecule has 0 spiro atoms. The third-order valence-electron chi connectivity index (χ3n) is 2.00. The molecule has 1 atom stereocenters. The van der Waals surface area contributed by atoms with Gasteiger partial charge in [0.15, 0.2) is 0 Å². The summed E-state index contributed by atoms with van der Waals surface area (Å²) in [6, 6.07) is 0.0524. The molecule has 0 saturated heterocycles. The molecule has 0 aliphatic rings. The van der Waals surface area contributed by atoms with E-state index in [-0.39, 0.29) is 6.04 Å². The average Bonchev–Trinajstić information content (AvgIpc) is 2.59. The van der Waals surface area contributed by atoms with Crippen molar-refractivity contribution in [2.24, 2.45) is 5.73 Å². The number of nitrogens with one attached hydrogen (secondary N) is 1. The van der Waals surface area contributed by atoms with Crippen molar-refractivity contribution in [1.82, 2.24) is 15.1 Å². The van der Waals surface area contributed by atoms with Gasteiger partial charge in [0.2, 0.25) is 0 Å². The number of ether oxygens (including phenoxy) is 1. The van der Waals surface area contributed by atoms with Gasteiger partial charge in [-0.25, -0.2) is 4.79 Å². The zero-order chi connectivity index (χ0) is 13.8. The highest BCUT2D eigenvalue weighted by molar-refractivity contribution is 5.67. The van der Waals surface area contributed by atoms with Crippen LogP contribution in [0.25, 0.3) is 0 Å². The molecule has 0 saturated carbocycles. The number of alkyl carbamates (subject to hydrolysis) is 1. The van der Waals surface area contributed by atoms with Gasteiger partial charge in [0, 0.05) is 24.3 Å². The molecule has 102 valence electrons. The van der Waals surface area contributed by atoms with Gasteiger partial charge in [-0.3, -0.25) is 4.68 Å². The topological polar surface area (TPSA) is 82.2 Å². The molecular formula is C12H22N4O2. The van der Waals surface area contributed by atoms with Crippen LogP contribution in [0.5, 0.6) is 0 Å². The maximum absolute atomic E-state index is 11.4. The van der Waals surface area contributed by atoms with E-state index >= 15 is 0 Å². The molecule has 1 rings (SSSR count). The summed E-state index contributed by atoms with van der Waals surface area (Å²) in [6.45, 7) is 8.45. The smallest absolute Gasteiger partial charge is 0.407 e. The van der Waals surface area contributed by atoms with Crippen molar-refractivity contribution in [1.29, 1.82) is 0 Å². The van der Waals surface area contributed by atoms with Crippen molar-refractivity contribution in [2.75, 3.05) is 0 Å². The van der Waals surface area contributed by atoms with Crippen LogP contribution in [0.15, 0.2) is 12.4 Å². The zero-order valence-corrected chi connectivity index (χ0v) is 11.4. The lowest BCUT2D eigenvalue weighted by Crippen LogP contribution is -2.32. The van der Waals surface area contributed by atoms with Gasteiger partial charge < -0.3 is 15.8 Å². The summed E-state index contributed by atoms with van der Waals surface area (Å²) in [4.78, 5) is 11.4. The molecule has 0 aromatic carbocycles. The fraction of sp³-hybridized carbons (Fsp3) is 0.667. The molecule has 0 bridgehead atoms.